The van der Waals surface area contributed by atoms with E-state index < -0.39 is 15.9 Å². The van der Waals surface area contributed by atoms with Crippen LogP contribution in [-0.2, 0) is 14.8 Å². The zero-order chi connectivity index (χ0) is 21.7. The summed E-state index contributed by atoms with van der Waals surface area (Å²) in [4.78, 5) is 24.6. The van der Waals surface area contributed by atoms with E-state index in [2.05, 4.69) is 5.32 Å². The van der Waals surface area contributed by atoms with E-state index in [9.17, 15) is 18.0 Å². The molecule has 10 heteroatoms. The molecule has 1 saturated heterocycles. The standard InChI is InChI=1S/C20H24N4O5S/c1-29-17-6-8-18(9-7-17)30(27,28)24-12-10-23(11-13-24)14-19(25)22-16-4-2-15(3-5-16)20(21)26/h2-9H,10-14H2,1H3,(H2,21,26)(H,22,25)/p+1. The van der Waals surface area contributed by atoms with Gasteiger partial charge in [-0.05, 0) is 48.5 Å². The number of anilines is 1. The molecule has 0 bridgehead atoms. The van der Waals surface area contributed by atoms with Crippen molar-refractivity contribution in [2.24, 2.45) is 5.73 Å². The third kappa shape index (κ3) is 5.15. The number of nitrogens with two attached hydrogens (primary N) is 1. The van der Waals surface area contributed by atoms with E-state index in [0.29, 0.717) is 43.2 Å². The number of rotatable bonds is 7. The van der Waals surface area contributed by atoms with Gasteiger partial charge in [0.05, 0.1) is 38.2 Å². The lowest BCUT2D eigenvalue weighted by atomic mass is 10.2. The van der Waals surface area contributed by atoms with Crippen molar-refractivity contribution in [1.82, 2.24) is 4.31 Å². The molecule has 2 aromatic carbocycles. The number of nitrogens with one attached hydrogen (secondary N) is 2. The van der Waals surface area contributed by atoms with Gasteiger partial charge in [0.25, 0.3) is 5.91 Å². The van der Waals surface area contributed by atoms with Gasteiger partial charge in [-0.2, -0.15) is 4.31 Å². The van der Waals surface area contributed by atoms with Crippen molar-refractivity contribution in [1.29, 1.82) is 0 Å². The van der Waals surface area contributed by atoms with Crippen LogP contribution < -0.4 is 20.7 Å². The fourth-order valence-electron chi connectivity index (χ4n) is 3.27. The molecule has 1 heterocycles. The maximum atomic E-state index is 12.8. The Bertz CT molecular complexity index is 998. The smallest absolute Gasteiger partial charge is 0.279 e. The van der Waals surface area contributed by atoms with Gasteiger partial charge in [0, 0.05) is 11.3 Å². The van der Waals surface area contributed by atoms with E-state index in [-0.39, 0.29) is 17.3 Å². The van der Waals surface area contributed by atoms with E-state index in [1.54, 1.807) is 36.4 Å². The lowest BCUT2D eigenvalue weighted by molar-refractivity contribution is -0.895. The first-order valence-electron chi connectivity index (χ1n) is 9.47. The van der Waals surface area contributed by atoms with Crippen LogP contribution in [0, 0.1) is 0 Å². The Balaban J connectivity index is 1.52. The second kappa shape index (κ2) is 9.24. The highest BCUT2D eigenvalue weighted by molar-refractivity contribution is 7.89. The molecule has 0 saturated carbocycles. The minimum atomic E-state index is -3.57. The first-order chi connectivity index (χ1) is 14.3. The van der Waals surface area contributed by atoms with Gasteiger partial charge >= 0.3 is 0 Å². The number of hydrogen-bond donors (Lipinski definition) is 3. The van der Waals surface area contributed by atoms with Crippen LogP contribution in [-0.4, -0.2) is 64.4 Å². The Labute approximate surface area is 175 Å². The SMILES string of the molecule is COc1ccc(S(=O)(=O)N2CC[NH+](CC(=O)Nc3ccc(C(N)=O)cc3)CC2)cc1. The molecular weight excluding hydrogens is 408 g/mol. The number of primary amides is 1. The monoisotopic (exact) mass is 433 g/mol. The van der Waals surface area contributed by atoms with Gasteiger partial charge in [-0.3, -0.25) is 9.59 Å². The highest BCUT2D eigenvalue weighted by Gasteiger charge is 2.31. The number of benzene rings is 2. The lowest BCUT2D eigenvalue weighted by Gasteiger charge is -2.31. The number of sulfonamides is 1. The summed E-state index contributed by atoms with van der Waals surface area (Å²) in [7, 11) is -2.05. The Kier molecular flexibility index (Phi) is 6.70. The first-order valence-corrected chi connectivity index (χ1v) is 10.9. The van der Waals surface area contributed by atoms with Gasteiger partial charge in [-0.1, -0.05) is 0 Å². The molecule has 3 rings (SSSR count). The Hall–Kier alpha value is -2.95. The molecule has 2 aromatic rings. The molecule has 4 N–H and O–H groups in total. The number of ether oxygens (including phenoxy) is 1. The fraction of sp³-hybridized carbons (Fsp3) is 0.300. The van der Waals surface area contributed by atoms with E-state index in [4.69, 9.17) is 10.5 Å². The van der Waals surface area contributed by atoms with Gasteiger partial charge in [0.2, 0.25) is 15.9 Å². The van der Waals surface area contributed by atoms with Crippen molar-refractivity contribution in [2.75, 3.05) is 45.2 Å². The quantitative estimate of drug-likeness (QED) is 0.534. The van der Waals surface area contributed by atoms with Crippen LogP contribution in [0.5, 0.6) is 5.75 Å². The maximum Gasteiger partial charge on any atom is 0.279 e. The molecule has 30 heavy (non-hydrogen) atoms. The van der Waals surface area contributed by atoms with E-state index >= 15 is 0 Å². The summed E-state index contributed by atoms with van der Waals surface area (Å²) >= 11 is 0. The summed E-state index contributed by atoms with van der Waals surface area (Å²) in [6.45, 7) is 1.97. The van der Waals surface area contributed by atoms with Crippen LogP contribution in [0.25, 0.3) is 0 Å². The molecule has 9 nitrogen and oxygen atoms in total. The van der Waals surface area contributed by atoms with Crippen molar-refractivity contribution in [3.63, 3.8) is 0 Å². The third-order valence-electron chi connectivity index (χ3n) is 4.99. The summed E-state index contributed by atoms with van der Waals surface area (Å²) in [6.07, 6.45) is 0. The Morgan fingerprint density at radius 3 is 2.20 bits per heavy atom. The minimum Gasteiger partial charge on any atom is -0.497 e. The summed E-state index contributed by atoms with van der Waals surface area (Å²) in [5.41, 5.74) is 6.14. The summed E-state index contributed by atoms with van der Waals surface area (Å²) < 4.78 is 32.1. The van der Waals surface area contributed by atoms with Gasteiger partial charge < -0.3 is 20.7 Å². The summed E-state index contributed by atoms with van der Waals surface area (Å²) in [5.74, 6) is -0.110. The van der Waals surface area contributed by atoms with E-state index in [1.165, 1.54) is 23.5 Å². The summed E-state index contributed by atoms with van der Waals surface area (Å²) in [5, 5.41) is 2.78. The van der Waals surface area contributed by atoms with Crippen LogP contribution in [0.2, 0.25) is 0 Å². The number of carbonyl (C=O) groups is 2. The molecular formula is C20H25N4O5S+. The predicted molar refractivity (Wildman–Crippen MR) is 111 cm³/mol. The number of hydrogen-bond acceptors (Lipinski definition) is 5. The molecule has 1 aliphatic heterocycles. The van der Waals surface area contributed by atoms with Crippen molar-refractivity contribution >= 4 is 27.5 Å². The van der Waals surface area contributed by atoms with Gasteiger partial charge in [-0.25, -0.2) is 8.42 Å². The highest BCUT2D eigenvalue weighted by atomic mass is 32.2. The minimum absolute atomic E-state index is 0.178. The molecule has 0 aliphatic carbocycles. The predicted octanol–water partition coefficient (Wildman–Crippen LogP) is -0.678. The molecule has 160 valence electrons. The van der Waals surface area contributed by atoms with Gasteiger partial charge in [0.1, 0.15) is 5.75 Å². The van der Waals surface area contributed by atoms with Crippen LogP contribution in [0.15, 0.2) is 53.4 Å². The Morgan fingerprint density at radius 2 is 1.67 bits per heavy atom. The molecule has 0 atom stereocenters. The number of carbonyl (C=O) groups excluding carboxylic acids is 2. The fourth-order valence-corrected chi connectivity index (χ4v) is 4.71. The maximum absolute atomic E-state index is 12.8. The molecule has 0 spiro atoms. The second-order valence-corrected chi connectivity index (χ2v) is 8.93. The molecule has 1 aliphatic rings. The van der Waals surface area contributed by atoms with Crippen LogP contribution in [0.1, 0.15) is 10.4 Å². The van der Waals surface area contributed by atoms with Gasteiger partial charge in [0.15, 0.2) is 6.54 Å². The molecule has 0 unspecified atom stereocenters. The van der Waals surface area contributed by atoms with Crippen LogP contribution in [0.4, 0.5) is 5.69 Å². The number of nitrogens with zero attached hydrogens (tertiary/aromatic N) is 1. The Morgan fingerprint density at radius 1 is 1.07 bits per heavy atom. The number of piperazine rings is 1. The van der Waals surface area contributed by atoms with E-state index in [1.807, 2.05) is 0 Å². The molecule has 0 aromatic heterocycles. The van der Waals surface area contributed by atoms with Crippen molar-refractivity contribution in [2.45, 2.75) is 4.90 Å². The number of quaternary nitrogens is 1. The number of amides is 2. The third-order valence-corrected chi connectivity index (χ3v) is 6.90. The normalized spacial score (nSPS) is 15.5. The molecule has 0 radical (unpaired) electrons. The van der Waals surface area contributed by atoms with Crippen molar-refractivity contribution in [3.8, 4) is 5.75 Å². The molecule has 2 amide bonds. The number of methoxy groups -OCH3 is 1. The lowest BCUT2D eigenvalue weighted by Crippen LogP contribution is -3.15. The van der Waals surface area contributed by atoms with Gasteiger partial charge in [-0.15, -0.1) is 0 Å². The first kappa shape index (κ1) is 21.8. The van der Waals surface area contributed by atoms with Crippen LogP contribution in [0.3, 0.4) is 0 Å². The zero-order valence-electron chi connectivity index (χ0n) is 16.6. The average molecular weight is 434 g/mol. The second-order valence-electron chi connectivity index (χ2n) is 7.00. The average Bonchev–Trinajstić information content (AvgIpc) is 2.74. The molecule has 1 fully saturated rings. The largest absolute Gasteiger partial charge is 0.497 e. The van der Waals surface area contributed by atoms with Crippen molar-refractivity contribution < 1.29 is 27.6 Å². The van der Waals surface area contributed by atoms with E-state index in [0.717, 1.165) is 4.90 Å². The summed E-state index contributed by atoms with van der Waals surface area (Å²) in [6, 6.07) is 12.6. The van der Waals surface area contributed by atoms with Crippen LogP contribution >= 0.6 is 0 Å². The van der Waals surface area contributed by atoms with Crippen molar-refractivity contribution in [3.05, 3.63) is 54.1 Å². The highest BCUT2D eigenvalue weighted by Crippen LogP contribution is 2.19. The topological polar surface area (TPSA) is 123 Å². The zero-order valence-corrected chi connectivity index (χ0v) is 17.4.